The molecule has 8 nitrogen and oxygen atoms in total. The van der Waals surface area contributed by atoms with Crippen molar-refractivity contribution in [3.8, 4) is 0 Å². The Morgan fingerprint density at radius 3 is 2.41 bits per heavy atom. The summed E-state index contributed by atoms with van der Waals surface area (Å²) < 4.78 is 4.99. The molecule has 1 aliphatic rings. The average Bonchev–Trinajstić information content (AvgIpc) is 2.84. The maximum atomic E-state index is 12.9. The highest BCUT2D eigenvalue weighted by molar-refractivity contribution is 5.89. The van der Waals surface area contributed by atoms with Gasteiger partial charge in [0, 0.05) is 36.5 Å². The summed E-state index contributed by atoms with van der Waals surface area (Å²) >= 11 is 0. The van der Waals surface area contributed by atoms with Crippen molar-refractivity contribution in [1.82, 2.24) is 5.32 Å². The van der Waals surface area contributed by atoms with Crippen LogP contribution in [0.15, 0.2) is 42.5 Å². The first-order valence-corrected chi connectivity index (χ1v) is 12.0. The van der Waals surface area contributed by atoms with Crippen molar-refractivity contribution in [1.29, 1.82) is 0 Å². The van der Waals surface area contributed by atoms with E-state index in [9.17, 15) is 19.7 Å². The number of non-ortho nitro benzene ring substituents is 1. The first-order chi connectivity index (χ1) is 16.4. The Morgan fingerprint density at radius 2 is 1.79 bits per heavy atom. The molecule has 8 heteroatoms. The molecule has 0 radical (unpaired) electrons. The van der Waals surface area contributed by atoms with Crippen molar-refractivity contribution in [3.05, 3.63) is 69.3 Å². The van der Waals surface area contributed by atoms with Crippen molar-refractivity contribution in [2.45, 2.75) is 58.4 Å². The van der Waals surface area contributed by atoms with Crippen LogP contribution < -0.4 is 10.2 Å². The number of nitrogens with zero attached hydrogens (tertiary/aromatic N) is 2. The molecule has 1 N–H and O–H groups in total. The number of anilines is 1. The van der Waals surface area contributed by atoms with Gasteiger partial charge in [-0.05, 0) is 56.4 Å². The Kier molecular flexibility index (Phi) is 9.01. The van der Waals surface area contributed by atoms with Gasteiger partial charge in [0.1, 0.15) is 0 Å². The van der Waals surface area contributed by atoms with E-state index in [1.54, 1.807) is 43.3 Å². The highest BCUT2D eigenvalue weighted by Gasteiger charge is 2.24. The van der Waals surface area contributed by atoms with Crippen LogP contribution in [0.3, 0.4) is 0 Å². The van der Waals surface area contributed by atoms with Crippen molar-refractivity contribution in [2.75, 3.05) is 24.6 Å². The van der Waals surface area contributed by atoms with Crippen LogP contribution in [0.2, 0.25) is 0 Å². The van der Waals surface area contributed by atoms with E-state index >= 15 is 0 Å². The third-order valence-electron chi connectivity index (χ3n) is 6.04. The van der Waals surface area contributed by atoms with E-state index in [2.05, 4.69) is 10.2 Å². The predicted octanol–water partition coefficient (Wildman–Crippen LogP) is 4.96. The van der Waals surface area contributed by atoms with E-state index in [-0.39, 0.29) is 29.0 Å². The second kappa shape index (κ2) is 12.2. The molecule has 3 rings (SSSR count). The summed E-state index contributed by atoms with van der Waals surface area (Å²) in [5.74, 6) is -0.559. The Bertz CT molecular complexity index is 1000. The minimum absolute atomic E-state index is 0.0284. The third-order valence-corrected chi connectivity index (χ3v) is 6.04. The molecule has 0 saturated carbocycles. The van der Waals surface area contributed by atoms with Gasteiger partial charge in [-0.1, -0.05) is 25.5 Å². The van der Waals surface area contributed by atoms with Gasteiger partial charge in [-0.25, -0.2) is 4.79 Å². The number of piperidine rings is 1. The fourth-order valence-corrected chi connectivity index (χ4v) is 4.36. The highest BCUT2D eigenvalue weighted by Crippen LogP contribution is 2.34. The number of esters is 1. The number of carbonyl (C=O) groups excluding carboxylic acids is 2. The van der Waals surface area contributed by atoms with Crippen molar-refractivity contribution >= 4 is 23.3 Å². The van der Waals surface area contributed by atoms with E-state index < -0.39 is 5.97 Å². The fourth-order valence-electron chi connectivity index (χ4n) is 4.36. The molecule has 1 saturated heterocycles. The summed E-state index contributed by atoms with van der Waals surface area (Å²) in [6.45, 7) is 5.90. The van der Waals surface area contributed by atoms with Gasteiger partial charge >= 0.3 is 5.97 Å². The van der Waals surface area contributed by atoms with Crippen LogP contribution >= 0.6 is 0 Å². The lowest BCUT2D eigenvalue weighted by molar-refractivity contribution is -0.384. The lowest BCUT2D eigenvalue weighted by Crippen LogP contribution is -2.34. The first-order valence-electron chi connectivity index (χ1n) is 12.0. The number of rotatable bonds is 10. The topological polar surface area (TPSA) is 102 Å². The molecule has 2 aromatic carbocycles. The van der Waals surface area contributed by atoms with Crippen molar-refractivity contribution < 1.29 is 19.2 Å². The summed E-state index contributed by atoms with van der Waals surface area (Å²) in [7, 11) is 0. The molecule has 1 aliphatic heterocycles. The number of nitro groups is 1. The van der Waals surface area contributed by atoms with Crippen LogP contribution in [0.25, 0.3) is 0 Å². The lowest BCUT2D eigenvalue weighted by Gasteiger charge is -2.32. The molecule has 1 heterocycles. The van der Waals surface area contributed by atoms with Gasteiger partial charge in [-0.3, -0.25) is 14.9 Å². The van der Waals surface area contributed by atoms with Crippen LogP contribution in [0.4, 0.5) is 11.4 Å². The Morgan fingerprint density at radius 1 is 1.09 bits per heavy atom. The standard InChI is InChI=1S/C26H33N3O5/c1-3-8-23(27-25(30)17-19-9-11-20(12-10-19)26(31)34-4-2)22-18-21(29(32)33)13-14-24(22)28-15-6-5-7-16-28/h9-14,18,23H,3-8,15-17H2,1-2H3,(H,27,30). The number of hydrogen-bond donors (Lipinski definition) is 1. The minimum atomic E-state index is -0.391. The van der Waals surface area contributed by atoms with Gasteiger partial charge in [0.2, 0.25) is 5.91 Å². The van der Waals surface area contributed by atoms with Crippen molar-refractivity contribution in [3.63, 3.8) is 0 Å². The number of amides is 1. The van der Waals surface area contributed by atoms with Gasteiger partial charge in [0.25, 0.3) is 5.69 Å². The molecule has 182 valence electrons. The molecule has 1 fully saturated rings. The van der Waals surface area contributed by atoms with Gasteiger partial charge in [0.05, 0.1) is 29.6 Å². The zero-order chi connectivity index (χ0) is 24.5. The molecule has 0 aromatic heterocycles. The van der Waals surface area contributed by atoms with Gasteiger partial charge in [-0.2, -0.15) is 0 Å². The molecule has 2 aromatic rings. The third kappa shape index (κ3) is 6.56. The zero-order valence-electron chi connectivity index (χ0n) is 19.9. The van der Waals surface area contributed by atoms with E-state index in [0.29, 0.717) is 18.6 Å². The summed E-state index contributed by atoms with van der Waals surface area (Å²) in [6.07, 6.45) is 5.00. The zero-order valence-corrected chi connectivity index (χ0v) is 19.9. The summed E-state index contributed by atoms with van der Waals surface area (Å²) in [4.78, 5) is 38.1. The second-order valence-corrected chi connectivity index (χ2v) is 8.55. The first kappa shape index (κ1) is 25.2. The van der Waals surface area contributed by atoms with Gasteiger partial charge in [-0.15, -0.1) is 0 Å². The molecule has 1 unspecified atom stereocenters. The quantitative estimate of drug-likeness (QED) is 0.301. The average molecular weight is 468 g/mol. The molecule has 0 aliphatic carbocycles. The number of benzene rings is 2. The maximum absolute atomic E-state index is 12.9. The predicted molar refractivity (Wildman–Crippen MR) is 131 cm³/mol. The minimum Gasteiger partial charge on any atom is -0.462 e. The number of hydrogen-bond acceptors (Lipinski definition) is 6. The molecule has 0 bridgehead atoms. The van der Waals surface area contributed by atoms with Gasteiger partial charge < -0.3 is 15.0 Å². The monoisotopic (exact) mass is 467 g/mol. The number of ether oxygens (including phenoxy) is 1. The SMILES string of the molecule is CCCC(NC(=O)Cc1ccc(C(=O)OCC)cc1)c1cc([N+](=O)[O-])ccc1N1CCCCC1. The number of nitro benzene ring substituents is 1. The normalized spacial score (nSPS) is 14.4. The Hall–Kier alpha value is -3.42. The molecule has 0 spiro atoms. The molecular formula is C26H33N3O5. The smallest absolute Gasteiger partial charge is 0.338 e. The van der Waals surface area contributed by atoms with Crippen molar-refractivity contribution in [2.24, 2.45) is 0 Å². The van der Waals surface area contributed by atoms with E-state index in [1.165, 1.54) is 6.42 Å². The highest BCUT2D eigenvalue weighted by atomic mass is 16.6. The van der Waals surface area contributed by atoms with Gasteiger partial charge in [0.15, 0.2) is 0 Å². The molecule has 1 atom stereocenters. The van der Waals surface area contributed by atoms with Crippen LogP contribution in [0.1, 0.15) is 73.5 Å². The Balaban J connectivity index is 1.79. The largest absolute Gasteiger partial charge is 0.462 e. The Labute approximate surface area is 200 Å². The van der Waals surface area contributed by atoms with E-state index in [0.717, 1.165) is 49.2 Å². The summed E-state index contributed by atoms with van der Waals surface area (Å²) in [6, 6.07) is 11.4. The van der Waals surface area contributed by atoms with Crippen LogP contribution in [-0.4, -0.2) is 36.5 Å². The molecular weight excluding hydrogens is 434 g/mol. The number of carbonyl (C=O) groups is 2. The second-order valence-electron chi connectivity index (χ2n) is 8.55. The van der Waals surface area contributed by atoms with Crippen LogP contribution in [0.5, 0.6) is 0 Å². The van der Waals surface area contributed by atoms with E-state index in [1.807, 2.05) is 13.0 Å². The summed E-state index contributed by atoms with van der Waals surface area (Å²) in [5, 5.41) is 14.6. The molecule has 1 amide bonds. The van der Waals surface area contributed by atoms with E-state index in [4.69, 9.17) is 4.74 Å². The fraction of sp³-hybridized carbons (Fsp3) is 0.462. The number of nitrogens with one attached hydrogen (secondary N) is 1. The maximum Gasteiger partial charge on any atom is 0.338 e. The summed E-state index contributed by atoms with van der Waals surface area (Å²) in [5.41, 5.74) is 3.00. The molecule has 34 heavy (non-hydrogen) atoms. The lowest BCUT2D eigenvalue weighted by atomic mass is 9.97. The van der Waals surface area contributed by atoms with Crippen LogP contribution in [0, 0.1) is 10.1 Å². The van der Waals surface area contributed by atoms with Crippen LogP contribution in [-0.2, 0) is 16.0 Å².